The minimum absolute atomic E-state index is 0.447. The van der Waals surface area contributed by atoms with Crippen LogP contribution < -0.4 is 0 Å². The van der Waals surface area contributed by atoms with Crippen LogP contribution in [0.2, 0.25) is 0 Å². The Labute approximate surface area is 115 Å². The second kappa shape index (κ2) is 8.14. The van der Waals surface area contributed by atoms with Crippen LogP contribution >= 0.6 is 0 Å². The van der Waals surface area contributed by atoms with E-state index < -0.39 is 33.2 Å². The number of carbonyl (C=O) groups is 2. The van der Waals surface area contributed by atoms with Crippen molar-refractivity contribution in [2.24, 2.45) is 0 Å². The molecule has 0 aliphatic heterocycles. The third-order valence-corrected chi connectivity index (χ3v) is 4.29. The van der Waals surface area contributed by atoms with Crippen LogP contribution in [-0.4, -0.2) is 67.7 Å². The molecule has 0 fully saturated rings. The molecule has 0 saturated heterocycles. The van der Waals surface area contributed by atoms with E-state index in [1.807, 2.05) is 0 Å². The van der Waals surface area contributed by atoms with Gasteiger partial charge in [-0.1, -0.05) is 0 Å². The highest BCUT2D eigenvalue weighted by Crippen LogP contribution is 2.00. The molecule has 0 aliphatic rings. The lowest BCUT2D eigenvalue weighted by Crippen LogP contribution is -2.40. The van der Waals surface area contributed by atoms with Crippen LogP contribution in [0.5, 0.6) is 0 Å². The molecule has 0 unspecified atom stereocenters. The average Bonchev–Trinajstić information content (AvgIpc) is 2.30. The lowest BCUT2D eigenvalue weighted by atomic mass is 10.5. The fourth-order valence-electron chi connectivity index (χ4n) is 1.76. The first kappa shape index (κ1) is 17.9. The number of sulfone groups is 1. The zero-order chi connectivity index (χ0) is 15.1. The molecule has 0 atom stereocenters. The first-order valence-corrected chi connectivity index (χ1v) is 8.39. The number of amides is 2. The van der Waals surface area contributed by atoms with Crippen LogP contribution in [0.3, 0.4) is 0 Å². The fraction of sp³-hybridized carbons (Fsp3) is 0.833. The maximum absolute atomic E-state index is 11.8. The first-order valence-electron chi connectivity index (χ1n) is 6.57. The molecule has 7 heteroatoms. The SMILES string of the molecule is CCN(CC)C(=O)CS(=O)(=O)CC(=O)N(CC)CC. The first-order chi connectivity index (χ1) is 8.81. The van der Waals surface area contributed by atoms with Crippen LogP contribution in [-0.2, 0) is 19.4 Å². The lowest BCUT2D eigenvalue weighted by Gasteiger charge is -2.20. The van der Waals surface area contributed by atoms with Crippen LogP contribution in [0.4, 0.5) is 0 Å². The Hall–Kier alpha value is -1.11. The molecule has 112 valence electrons. The Morgan fingerprint density at radius 3 is 1.21 bits per heavy atom. The van der Waals surface area contributed by atoms with E-state index in [4.69, 9.17) is 0 Å². The van der Waals surface area contributed by atoms with Crippen molar-refractivity contribution in [2.45, 2.75) is 27.7 Å². The zero-order valence-corrected chi connectivity index (χ0v) is 13.0. The molecule has 0 aromatic rings. The van der Waals surface area contributed by atoms with Gasteiger partial charge < -0.3 is 9.80 Å². The summed E-state index contributed by atoms with van der Waals surface area (Å²) >= 11 is 0. The Bertz CT molecular complexity index is 366. The maximum atomic E-state index is 11.8. The highest BCUT2D eigenvalue weighted by Gasteiger charge is 2.24. The number of nitrogens with zero attached hydrogens (tertiary/aromatic N) is 2. The molecular weight excluding hydrogens is 268 g/mol. The zero-order valence-electron chi connectivity index (χ0n) is 12.2. The van der Waals surface area contributed by atoms with Crippen LogP contribution in [0, 0.1) is 0 Å². The molecule has 0 N–H and O–H groups in total. The standard InChI is InChI=1S/C12H24N2O4S/c1-5-13(6-2)11(15)9-19(17,18)10-12(16)14(7-3)8-4/h5-10H2,1-4H3. The normalized spacial score (nSPS) is 11.2. The monoisotopic (exact) mass is 292 g/mol. The van der Waals surface area contributed by atoms with E-state index in [2.05, 4.69) is 0 Å². The Balaban J connectivity index is 4.65. The predicted molar refractivity (Wildman–Crippen MR) is 74.5 cm³/mol. The van der Waals surface area contributed by atoms with Crippen molar-refractivity contribution in [3.8, 4) is 0 Å². The van der Waals surface area contributed by atoms with E-state index in [0.29, 0.717) is 26.2 Å². The van der Waals surface area contributed by atoms with E-state index in [1.54, 1.807) is 27.7 Å². The molecular formula is C12H24N2O4S. The maximum Gasteiger partial charge on any atom is 0.237 e. The molecule has 0 rings (SSSR count). The smallest absolute Gasteiger partial charge is 0.237 e. The molecule has 0 radical (unpaired) electrons. The van der Waals surface area contributed by atoms with Crippen molar-refractivity contribution in [3.63, 3.8) is 0 Å². The van der Waals surface area contributed by atoms with E-state index in [0.717, 1.165) is 0 Å². The van der Waals surface area contributed by atoms with Crippen LogP contribution in [0.25, 0.3) is 0 Å². The summed E-state index contributed by atoms with van der Waals surface area (Å²) in [6.07, 6.45) is 0. The molecule has 0 aromatic carbocycles. The molecule has 0 bridgehead atoms. The molecule has 6 nitrogen and oxygen atoms in total. The Kier molecular flexibility index (Phi) is 7.66. The van der Waals surface area contributed by atoms with Crippen molar-refractivity contribution >= 4 is 21.7 Å². The average molecular weight is 292 g/mol. The quantitative estimate of drug-likeness (QED) is 0.637. The summed E-state index contributed by atoms with van der Waals surface area (Å²) in [6, 6.07) is 0. The van der Waals surface area contributed by atoms with Gasteiger partial charge in [0.2, 0.25) is 11.8 Å². The van der Waals surface area contributed by atoms with Gasteiger partial charge in [0, 0.05) is 26.2 Å². The predicted octanol–water partition coefficient (Wildman–Crippen LogP) is 0.138. The lowest BCUT2D eigenvalue weighted by molar-refractivity contribution is -0.128. The number of hydrogen-bond donors (Lipinski definition) is 0. The molecule has 0 saturated carbocycles. The largest absolute Gasteiger partial charge is 0.342 e. The highest BCUT2D eigenvalue weighted by molar-refractivity contribution is 7.92. The summed E-state index contributed by atoms with van der Waals surface area (Å²) in [6.45, 7) is 9.02. The summed E-state index contributed by atoms with van der Waals surface area (Å²) in [4.78, 5) is 26.4. The number of hydrogen-bond acceptors (Lipinski definition) is 4. The Morgan fingerprint density at radius 1 is 0.737 bits per heavy atom. The topological polar surface area (TPSA) is 74.8 Å². The van der Waals surface area contributed by atoms with E-state index in [9.17, 15) is 18.0 Å². The fourth-order valence-corrected chi connectivity index (χ4v) is 2.98. The second-order valence-electron chi connectivity index (χ2n) is 4.16. The van der Waals surface area contributed by atoms with Gasteiger partial charge in [0.05, 0.1) is 0 Å². The molecule has 0 heterocycles. The van der Waals surface area contributed by atoms with Gasteiger partial charge >= 0.3 is 0 Å². The van der Waals surface area contributed by atoms with Gasteiger partial charge in [-0.3, -0.25) is 9.59 Å². The molecule has 0 aromatic heterocycles. The van der Waals surface area contributed by atoms with Gasteiger partial charge in [-0.05, 0) is 27.7 Å². The Morgan fingerprint density at radius 2 is 1.00 bits per heavy atom. The minimum Gasteiger partial charge on any atom is -0.342 e. The van der Waals surface area contributed by atoms with Crippen LogP contribution in [0.1, 0.15) is 27.7 Å². The molecule has 0 aliphatic carbocycles. The van der Waals surface area contributed by atoms with Crippen molar-refractivity contribution in [1.82, 2.24) is 9.80 Å². The van der Waals surface area contributed by atoms with Gasteiger partial charge in [-0.2, -0.15) is 0 Å². The van der Waals surface area contributed by atoms with E-state index >= 15 is 0 Å². The second-order valence-corrected chi connectivity index (χ2v) is 6.23. The van der Waals surface area contributed by atoms with Gasteiger partial charge in [-0.25, -0.2) is 8.42 Å². The summed E-state index contributed by atoms with van der Waals surface area (Å²) in [5.41, 5.74) is 0. The summed E-state index contributed by atoms with van der Waals surface area (Å²) < 4.78 is 23.7. The van der Waals surface area contributed by atoms with Gasteiger partial charge in [0.1, 0.15) is 11.5 Å². The summed E-state index contributed by atoms with van der Waals surface area (Å²) in [7, 11) is -3.69. The van der Waals surface area contributed by atoms with Gasteiger partial charge in [0.15, 0.2) is 9.84 Å². The minimum atomic E-state index is -3.69. The third-order valence-electron chi connectivity index (χ3n) is 2.92. The van der Waals surface area contributed by atoms with Crippen molar-refractivity contribution in [2.75, 3.05) is 37.7 Å². The van der Waals surface area contributed by atoms with Crippen molar-refractivity contribution in [1.29, 1.82) is 0 Å². The van der Waals surface area contributed by atoms with E-state index in [-0.39, 0.29) is 0 Å². The number of carbonyl (C=O) groups excluding carboxylic acids is 2. The van der Waals surface area contributed by atoms with Gasteiger partial charge in [0.25, 0.3) is 0 Å². The highest BCUT2D eigenvalue weighted by atomic mass is 32.2. The van der Waals surface area contributed by atoms with Crippen LogP contribution in [0.15, 0.2) is 0 Å². The third kappa shape index (κ3) is 6.04. The van der Waals surface area contributed by atoms with E-state index in [1.165, 1.54) is 9.80 Å². The van der Waals surface area contributed by atoms with Crippen molar-refractivity contribution in [3.05, 3.63) is 0 Å². The number of rotatable bonds is 8. The molecule has 0 spiro atoms. The van der Waals surface area contributed by atoms with Crippen molar-refractivity contribution < 1.29 is 18.0 Å². The molecule has 2 amide bonds. The summed E-state index contributed by atoms with van der Waals surface area (Å²) in [5.74, 6) is -2.08. The van der Waals surface area contributed by atoms with Gasteiger partial charge in [-0.15, -0.1) is 0 Å². The summed E-state index contributed by atoms with van der Waals surface area (Å²) in [5, 5.41) is 0. The molecule has 19 heavy (non-hydrogen) atoms.